The number of aliphatic imine (C=N–C) groups is 1. The standard InChI is InChI=1S/C23H26N2O2/c1-2-3-11-19(18-9-5-4-6-10-18)22-20-12-7-8-13-21(20)24-23(27-22)25-14-16-26-17-15-25/h4-10,12-13H,2-3,11,14-17H2,1H3/b22-19-. The zero-order chi connectivity index (χ0) is 18.5. The predicted octanol–water partition coefficient (Wildman–Crippen LogP) is 5.10. The van der Waals surface area contributed by atoms with Gasteiger partial charge in [0, 0.05) is 24.2 Å². The van der Waals surface area contributed by atoms with Crippen molar-refractivity contribution in [1.82, 2.24) is 4.90 Å². The van der Waals surface area contributed by atoms with Gasteiger partial charge in [-0.15, -0.1) is 0 Å². The van der Waals surface area contributed by atoms with Gasteiger partial charge in [-0.2, -0.15) is 4.99 Å². The van der Waals surface area contributed by atoms with Gasteiger partial charge in [-0.1, -0.05) is 55.8 Å². The highest BCUT2D eigenvalue weighted by molar-refractivity contribution is 5.99. The second-order valence-corrected chi connectivity index (χ2v) is 6.89. The molecule has 0 saturated carbocycles. The first-order valence-electron chi connectivity index (χ1n) is 9.84. The van der Waals surface area contributed by atoms with Gasteiger partial charge in [0.2, 0.25) is 0 Å². The number of amidine groups is 1. The van der Waals surface area contributed by atoms with E-state index in [2.05, 4.69) is 60.4 Å². The van der Waals surface area contributed by atoms with Crippen molar-refractivity contribution < 1.29 is 9.47 Å². The van der Waals surface area contributed by atoms with Crippen molar-refractivity contribution in [1.29, 1.82) is 0 Å². The fraction of sp³-hybridized carbons (Fsp3) is 0.348. The van der Waals surface area contributed by atoms with Gasteiger partial charge in [0.25, 0.3) is 6.02 Å². The smallest absolute Gasteiger partial charge is 0.298 e. The molecule has 0 N–H and O–H groups in total. The van der Waals surface area contributed by atoms with Gasteiger partial charge in [0.05, 0.1) is 18.9 Å². The molecule has 4 rings (SSSR count). The van der Waals surface area contributed by atoms with E-state index in [1.54, 1.807) is 0 Å². The highest BCUT2D eigenvalue weighted by Crippen LogP contribution is 2.39. The average molecular weight is 362 g/mol. The number of morpholine rings is 1. The summed E-state index contributed by atoms with van der Waals surface area (Å²) in [6.07, 6.45) is 3.26. The number of unbranched alkanes of at least 4 members (excludes halogenated alkanes) is 1. The molecule has 2 aromatic carbocycles. The summed E-state index contributed by atoms with van der Waals surface area (Å²) in [5.74, 6) is 0.946. The fourth-order valence-electron chi connectivity index (χ4n) is 3.53. The maximum absolute atomic E-state index is 6.47. The molecule has 2 aromatic rings. The van der Waals surface area contributed by atoms with Gasteiger partial charge in [-0.05, 0) is 30.5 Å². The molecule has 0 aliphatic carbocycles. The second kappa shape index (κ2) is 8.40. The lowest BCUT2D eigenvalue weighted by Crippen LogP contribution is -2.42. The number of hydrogen-bond acceptors (Lipinski definition) is 4. The molecule has 0 aromatic heterocycles. The zero-order valence-electron chi connectivity index (χ0n) is 15.9. The van der Waals surface area contributed by atoms with Crippen LogP contribution in [0.4, 0.5) is 5.69 Å². The lowest BCUT2D eigenvalue weighted by Gasteiger charge is -2.32. The van der Waals surface area contributed by atoms with Crippen LogP contribution in [0.1, 0.15) is 37.3 Å². The molecule has 0 spiro atoms. The van der Waals surface area contributed by atoms with Crippen molar-refractivity contribution in [3.05, 3.63) is 65.7 Å². The molecule has 1 saturated heterocycles. The first kappa shape index (κ1) is 17.8. The zero-order valence-corrected chi connectivity index (χ0v) is 15.9. The van der Waals surface area contributed by atoms with E-state index in [4.69, 9.17) is 14.5 Å². The predicted molar refractivity (Wildman–Crippen MR) is 110 cm³/mol. The van der Waals surface area contributed by atoms with E-state index in [-0.39, 0.29) is 0 Å². The summed E-state index contributed by atoms with van der Waals surface area (Å²) in [6, 6.07) is 19.5. The van der Waals surface area contributed by atoms with E-state index in [0.717, 1.165) is 49.4 Å². The van der Waals surface area contributed by atoms with E-state index in [1.165, 1.54) is 11.1 Å². The van der Waals surface area contributed by atoms with Gasteiger partial charge in [0.15, 0.2) is 0 Å². The average Bonchev–Trinajstić information content (AvgIpc) is 2.75. The Balaban J connectivity index is 1.81. The Labute approximate surface area is 161 Å². The Bertz CT molecular complexity index is 836. The van der Waals surface area contributed by atoms with Crippen molar-refractivity contribution in [3.8, 4) is 0 Å². The van der Waals surface area contributed by atoms with E-state index >= 15 is 0 Å². The number of ether oxygens (including phenoxy) is 2. The summed E-state index contributed by atoms with van der Waals surface area (Å²) in [7, 11) is 0. The monoisotopic (exact) mass is 362 g/mol. The molecule has 2 heterocycles. The van der Waals surface area contributed by atoms with Crippen molar-refractivity contribution >= 4 is 23.0 Å². The highest BCUT2D eigenvalue weighted by atomic mass is 16.5. The van der Waals surface area contributed by atoms with Crippen LogP contribution in [-0.4, -0.2) is 37.2 Å². The molecule has 0 unspecified atom stereocenters. The quantitative estimate of drug-likeness (QED) is 0.759. The number of nitrogens with zero attached hydrogens (tertiary/aromatic N) is 2. The largest absolute Gasteiger partial charge is 0.425 e. The minimum atomic E-state index is 0.692. The molecule has 2 aliphatic heterocycles. The van der Waals surface area contributed by atoms with Crippen molar-refractivity contribution in [2.24, 2.45) is 4.99 Å². The maximum Gasteiger partial charge on any atom is 0.298 e. The molecule has 2 aliphatic rings. The van der Waals surface area contributed by atoms with Crippen LogP contribution < -0.4 is 0 Å². The number of rotatable bonds is 4. The molecular weight excluding hydrogens is 336 g/mol. The van der Waals surface area contributed by atoms with Crippen LogP contribution in [0, 0.1) is 0 Å². The summed E-state index contributed by atoms with van der Waals surface area (Å²) in [5.41, 5.74) is 4.53. The van der Waals surface area contributed by atoms with Crippen LogP contribution in [0.3, 0.4) is 0 Å². The summed E-state index contributed by atoms with van der Waals surface area (Å²) in [6.45, 7) is 5.27. The molecule has 140 valence electrons. The molecule has 4 nitrogen and oxygen atoms in total. The van der Waals surface area contributed by atoms with Gasteiger partial charge < -0.3 is 14.4 Å². The Hall–Kier alpha value is -2.59. The molecule has 0 amide bonds. The maximum atomic E-state index is 6.47. The van der Waals surface area contributed by atoms with Gasteiger partial charge >= 0.3 is 0 Å². The van der Waals surface area contributed by atoms with Gasteiger partial charge in [-0.3, -0.25) is 0 Å². The molecule has 27 heavy (non-hydrogen) atoms. The normalized spacial score (nSPS) is 18.4. The molecule has 0 radical (unpaired) electrons. The van der Waals surface area contributed by atoms with Crippen LogP contribution in [0.15, 0.2) is 59.6 Å². The Kier molecular flexibility index (Phi) is 5.54. The Morgan fingerprint density at radius 3 is 2.52 bits per heavy atom. The van der Waals surface area contributed by atoms with Crippen LogP contribution in [0.2, 0.25) is 0 Å². The number of benzene rings is 2. The molecule has 1 fully saturated rings. The third-order valence-electron chi connectivity index (χ3n) is 5.02. The van der Waals surface area contributed by atoms with Crippen LogP contribution in [0.25, 0.3) is 11.3 Å². The van der Waals surface area contributed by atoms with E-state index in [0.29, 0.717) is 19.2 Å². The Morgan fingerprint density at radius 2 is 1.74 bits per heavy atom. The number of allylic oxidation sites excluding steroid dienone is 1. The summed E-state index contributed by atoms with van der Waals surface area (Å²) < 4.78 is 12.0. The number of para-hydroxylation sites is 1. The molecular formula is C23H26N2O2. The lowest BCUT2D eigenvalue weighted by molar-refractivity contribution is 0.0603. The van der Waals surface area contributed by atoms with Gasteiger partial charge in [0.1, 0.15) is 5.76 Å². The van der Waals surface area contributed by atoms with E-state index in [1.807, 2.05) is 6.07 Å². The third-order valence-corrected chi connectivity index (χ3v) is 5.02. The van der Waals surface area contributed by atoms with E-state index in [9.17, 15) is 0 Å². The van der Waals surface area contributed by atoms with Crippen molar-refractivity contribution in [2.45, 2.75) is 26.2 Å². The van der Waals surface area contributed by atoms with Crippen molar-refractivity contribution in [2.75, 3.05) is 26.3 Å². The second-order valence-electron chi connectivity index (χ2n) is 6.89. The minimum Gasteiger partial charge on any atom is -0.425 e. The number of hydrogen-bond donors (Lipinski definition) is 0. The Morgan fingerprint density at radius 1 is 1.00 bits per heavy atom. The van der Waals surface area contributed by atoms with Crippen LogP contribution in [-0.2, 0) is 9.47 Å². The van der Waals surface area contributed by atoms with Crippen LogP contribution >= 0.6 is 0 Å². The third kappa shape index (κ3) is 3.91. The minimum absolute atomic E-state index is 0.692. The van der Waals surface area contributed by atoms with Gasteiger partial charge in [-0.25, -0.2) is 0 Å². The summed E-state index contributed by atoms with van der Waals surface area (Å²) in [4.78, 5) is 6.99. The molecule has 4 heteroatoms. The van der Waals surface area contributed by atoms with Crippen molar-refractivity contribution in [3.63, 3.8) is 0 Å². The lowest BCUT2D eigenvalue weighted by atomic mass is 9.95. The SMILES string of the molecule is CCCC/C(=C1/OC(N2CCOCC2)=Nc2ccccc21)c1ccccc1. The first-order chi connectivity index (χ1) is 13.4. The molecule has 0 atom stereocenters. The fourth-order valence-corrected chi connectivity index (χ4v) is 3.53. The van der Waals surface area contributed by atoms with Crippen LogP contribution in [0.5, 0.6) is 0 Å². The summed E-state index contributed by atoms with van der Waals surface area (Å²) in [5, 5.41) is 0. The first-order valence-corrected chi connectivity index (χ1v) is 9.84. The highest BCUT2D eigenvalue weighted by Gasteiger charge is 2.26. The van der Waals surface area contributed by atoms with E-state index < -0.39 is 0 Å². The summed E-state index contributed by atoms with van der Waals surface area (Å²) >= 11 is 0. The topological polar surface area (TPSA) is 34.1 Å². The number of fused-ring (bicyclic) bond motifs is 1. The molecule has 0 bridgehead atoms.